The van der Waals surface area contributed by atoms with E-state index in [1.54, 1.807) is 42.2 Å². The second-order valence-corrected chi connectivity index (χ2v) is 8.32. The average Bonchev–Trinajstić information content (AvgIpc) is 2.84. The van der Waals surface area contributed by atoms with E-state index in [4.69, 9.17) is 4.74 Å². The summed E-state index contributed by atoms with van der Waals surface area (Å²) in [5.74, 6) is 1.37. The van der Waals surface area contributed by atoms with Crippen LogP contribution in [0.4, 0.5) is 0 Å². The quantitative estimate of drug-likeness (QED) is 0.333. The summed E-state index contributed by atoms with van der Waals surface area (Å²) in [6.07, 6.45) is 1.57. The molecule has 0 atom stereocenters. The molecule has 33 heavy (non-hydrogen) atoms. The zero-order valence-corrected chi connectivity index (χ0v) is 19.3. The molecule has 6 nitrogen and oxygen atoms in total. The van der Waals surface area contributed by atoms with Crippen LogP contribution in [-0.4, -0.2) is 30.4 Å². The Bertz CT molecular complexity index is 1070. The van der Waals surface area contributed by atoms with Crippen LogP contribution in [0.1, 0.15) is 22.3 Å². The van der Waals surface area contributed by atoms with E-state index in [0.29, 0.717) is 18.0 Å². The van der Waals surface area contributed by atoms with Gasteiger partial charge in [-0.05, 0) is 53.4 Å². The van der Waals surface area contributed by atoms with Crippen molar-refractivity contribution in [1.29, 1.82) is 0 Å². The first-order valence-corrected chi connectivity index (χ1v) is 11.7. The summed E-state index contributed by atoms with van der Waals surface area (Å²) in [7, 11) is 0. The number of carbonyl (C=O) groups is 2. The molecule has 0 spiro atoms. The molecular formula is C26H27N3O3S. The van der Waals surface area contributed by atoms with Crippen molar-refractivity contribution in [2.75, 3.05) is 12.4 Å². The van der Waals surface area contributed by atoms with E-state index >= 15 is 0 Å². The summed E-state index contributed by atoms with van der Waals surface area (Å²) in [5.41, 5.74) is 6.84. The maximum absolute atomic E-state index is 12.0. The lowest BCUT2D eigenvalue weighted by molar-refractivity contribution is -0.123. The van der Waals surface area contributed by atoms with E-state index in [9.17, 15) is 9.59 Å². The maximum Gasteiger partial charge on any atom is 0.258 e. The first kappa shape index (κ1) is 24.1. The van der Waals surface area contributed by atoms with Gasteiger partial charge in [0, 0.05) is 12.3 Å². The Morgan fingerprint density at radius 1 is 0.939 bits per heavy atom. The van der Waals surface area contributed by atoms with Gasteiger partial charge in [-0.3, -0.25) is 9.59 Å². The Morgan fingerprint density at radius 2 is 1.67 bits per heavy atom. The molecule has 0 radical (unpaired) electrons. The molecule has 0 saturated heterocycles. The van der Waals surface area contributed by atoms with Gasteiger partial charge in [-0.2, -0.15) is 5.10 Å². The number of rotatable bonds is 11. The number of hydrazone groups is 1. The minimum absolute atomic E-state index is 0.0590. The van der Waals surface area contributed by atoms with E-state index in [1.165, 1.54) is 11.1 Å². The van der Waals surface area contributed by atoms with Gasteiger partial charge in [0.25, 0.3) is 5.91 Å². The minimum Gasteiger partial charge on any atom is -0.484 e. The molecule has 0 aliphatic carbocycles. The van der Waals surface area contributed by atoms with E-state index in [2.05, 4.69) is 34.9 Å². The molecule has 0 aliphatic heterocycles. The number of ether oxygens (including phenoxy) is 1. The van der Waals surface area contributed by atoms with Gasteiger partial charge in [-0.1, -0.05) is 54.6 Å². The Balaban J connectivity index is 1.33. The number of hydrogen-bond acceptors (Lipinski definition) is 5. The average molecular weight is 462 g/mol. The molecule has 0 fully saturated rings. The topological polar surface area (TPSA) is 79.8 Å². The second kappa shape index (κ2) is 13.1. The maximum atomic E-state index is 12.0. The highest BCUT2D eigenvalue weighted by atomic mass is 32.2. The van der Waals surface area contributed by atoms with Crippen LogP contribution in [0.5, 0.6) is 5.75 Å². The third-order valence-electron chi connectivity index (χ3n) is 4.74. The van der Waals surface area contributed by atoms with Crippen molar-refractivity contribution in [3.05, 3.63) is 101 Å². The van der Waals surface area contributed by atoms with Crippen molar-refractivity contribution in [2.24, 2.45) is 5.10 Å². The molecule has 0 saturated carbocycles. The summed E-state index contributed by atoms with van der Waals surface area (Å²) in [4.78, 5) is 23.9. The molecule has 0 unspecified atom stereocenters. The van der Waals surface area contributed by atoms with E-state index < -0.39 is 0 Å². The zero-order valence-electron chi connectivity index (χ0n) is 18.5. The van der Waals surface area contributed by atoms with Gasteiger partial charge in [0.15, 0.2) is 6.61 Å². The van der Waals surface area contributed by atoms with Crippen molar-refractivity contribution in [3.8, 4) is 5.75 Å². The molecule has 7 heteroatoms. The van der Waals surface area contributed by atoms with E-state index in [1.807, 2.05) is 42.5 Å². The standard InChI is InChI=1S/C26H27N3O3S/c1-20-7-5-6-10-23(20)18-33-19-26(31)29-28-16-22-11-13-24(14-12-22)32-17-25(30)27-15-21-8-3-2-4-9-21/h2-14,16H,15,17-19H2,1H3,(H,27,30)(H,29,31)/b28-16-. The highest BCUT2D eigenvalue weighted by Crippen LogP contribution is 2.15. The van der Waals surface area contributed by atoms with Crippen LogP contribution in [0.25, 0.3) is 0 Å². The first-order chi connectivity index (χ1) is 16.1. The zero-order chi connectivity index (χ0) is 23.3. The minimum atomic E-state index is -0.188. The van der Waals surface area contributed by atoms with Crippen molar-refractivity contribution in [2.45, 2.75) is 19.2 Å². The molecule has 2 N–H and O–H groups in total. The fourth-order valence-corrected chi connectivity index (χ4v) is 3.78. The van der Waals surface area contributed by atoms with Crippen molar-refractivity contribution < 1.29 is 14.3 Å². The van der Waals surface area contributed by atoms with Gasteiger partial charge >= 0.3 is 0 Å². The number of carbonyl (C=O) groups excluding carboxylic acids is 2. The van der Waals surface area contributed by atoms with Gasteiger partial charge < -0.3 is 10.1 Å². The molecule has 0 aliphatic rings. The van der Waals surface area contributed by atoms with Crippen LogP contribution in [0, 0.1) is 6.92 Å². The van der Waals surface area contributed by atoms with Gasteiger partial charge in [-0.25, -0.2) is 5.43 Å². The predicted octanol–water partition coefficient (Wildman–Crippen LogP) is 4.07. The fourth-order valence-electron chi connectivity index (χ4n) is 2.88. The molecule has 3 aromatic rings. The van der Waals surface area contributed by atoms with Crippen LogP contribution in [-0.2, 0) is 21.9 Å². The van der Waals surface area contributed by atoms with E-state index in [-0.39, 0.29) is 18.4 Å². The van der Waals surface area contributed by atoms with Crippen LogP contribution < -0.4 is 15.5 Å². The number of nitrogens with zero attached hydrogens (tertiary/aromatic N) is 1. The fraction of sp³-hybridized carbons (Fsp3) is 0.192. The van der Waals surface area contributed by atoms with Gasteiger partial charge in [-0.15, -0.1) is 11.8 Å². The normalized spacial score (nSPS) is 10.7. The molecular weight excluding hydrogens is 434 g/mol. The Morgan fingerprint density at radius 3 is 2.42 bits per heavy atom. The molecule has 0 heterocycles. The predicted molar refractivity (Wildman–Crippen MR) is 133 cm³/mol. The summed E-state index contributed by atoms with van der Waals surface area (Å²) >= 11 is 1.55. The van der Waals surface area contributed by atoms with Crippen molar-refractivity contribution in [1.82, 2.24) is 10.7 Å². The number of nitrogens with one attached hydrogen (secondary N) is 2. The Kier molecular flexibility index (Phi) is 9.54. The third kappa shape index (κ3) is 8.82. The van der Waals surface area contributed by atoms with Gasteiger partial charge in [0.05, 0.1) is 12.0 Å². The first-order valence-electron chi connectivity index (χ1n) is 10.6. The summed E-state index contributed by atoms with van der Waals surface area (Å²) in [6, 6.07) is 25.0. The molecule has 3 aromatic carbocycles. The Hall–Kier alpha value is -3.58. The molecule has 3 rings (SSSR count). The monoisotopic (exact) mass is 461 g/mol. The van der Waals surface area contributed by atoms with Crippen LogP contribution in [0.15, 0.2) is 84.0 Å². The smallest absolute Gasteiger partial charge is 0.258 e. The van der Waals surface area contributed by atoms with Crippen LogP contribution in [0.3, 0.4) is 0 Å². The molecule has 170 valence electrons. The number of benzene rings is 3. The largest absolute Gasteiger partial charge is 0.484 e. The highest BCUT2D eigenvalue weighted by Gasteiger charge is 2.04. The summed E-state index contributed by atoms with van der Waals surface area (Å²) < 4.78 is 5.51. The molecule has 0 aromatic heterocycles. The number of hydrogen-bond donors (Lipinski definition) is 2. The van der Waals surface area contributed by atoms with Gasteiger partial charge in [0.1, 0.15) is 5.75 Å². The molecule has 2 amide bonds. The number of thioether (sulfide) groups is 1. The van der Waals surface area contributed by atoms with Crippen LogP contribution >= 0.6 is 11.8 Å². The summed E-state index contributed by atoms with van der Waals surface area (Å²) in [6.45, 7) is 2.47. The third-order valence-corrected chi connectivity index (χ3v) is 5.72. The number of aryl methyl sites for hydroxylation is 1. The number of amides is 2. The van der Waals surface area contributed by atoms with Crippen molar-refractivity contribution >= 4 is 29.8 Å². The SMILES string of the molecule is Cc1ccccc1CSCC(=O)N/N=C\c1ccc(OCC(=O)NCc2ccccc2)cc1. The van der Waals surface area contributed by atoms with Gasteiger partial charge in [0.2, 0.25) is 5.91 Å². The van der Waals surface area contributed by atoms with Crippen molar-refractivity contribution in [3.63, 3.8) is 0 Å². The second-order valence-electron chi connectivity index (χ2n) is 7.33. The molecule has 0 bridgehead atoms. The lowest BCUT2D eigenvalue weighted by atomic mass is 10.1. The lowest BCUT2D eigenvalue weighted by Gasteiger charge is -2.08. The summed E-state index contributed by atoms with van der Waals surface area (Å²) in [5, 5.41) is 6.82. The van der Waals surface area contributed by atoms with Crippen LogP contribution in [0.2, 0.25) is 0 Å². The van der Waals surface area contributed by atoms with E-state index in [0.717, 1.165) is 16.9 Å². The Labute approximate surface area is 198 Å². The highest BCUT2D eigenvalue weighted by molar-refractivity contribution is 7.99. The lowest BCUT2D eigenvalue weighted by Crippen LogP contribution is -2.28.